The van der Waals surface area contributed by atoms with Crippen LogP contribution in [0.3, 0.4) is 0 Å². The first kappa shape index (κ1) is 12.7. The van der Waals surface area contributed by atoms with E-state index in [0.29, 0.717) is 5.92 Å². The number of imidazole rings is 1. The molecule has 0 aliphatic carbocycles. The van der Waals surface area contributed by atoms with E-state index in [4.69, 9.17) is 0 Å². The van der Waals surface area contributed by atoms with Crippen molar-refractivity contribution in [1.82, 2.24) is 19.9 Å². The molecule has 0 saturated carbocycles. The Morgan fingerprint density at radius 1 is 1.33 bits per heavy atom. The van der Waals surface area contributed by atoms with Crippen LogP contribution in [-0.2, 0) is 6.54 Å². The second kappa shape index (κ2) is 5.04. The molecule has 1 unspecified atom stereocenters. The molecule has 21 heavy (non-hydrogen) atoms. The van der Waals surface area contributed by atoms with Gasteiger partial charge in [0.15, 0.2) is 0 Å². The molecule has 108 valence electrons. The highest BCUT2D eigenvalue weighted by Crippen LogP contribution is 2.27. The van der Waals surface area contributed by atoms with Crippen molar-refractivity contribution in [2.75, 3.05) is 13.1 Å². The first-order valence-electron chi connectivity index (χ1n) is 7.58. The quantitative estimate of drug-likeness (QED) is 0.774. The number of nitrogens with one attached hydrogen (secondary N) is 2. The standard InChI is InChI=1S/C17H20N4/c1-12-9-19-17(20-12)14-6-8-21(11-14)10-13-3-2-4-16-15(13)5-7-18-16/h2-5,7,9,14,18H,6,8,10-11H2,1H3,(H,19,20). The van der Waals surface area contributed by atoms with Gasteiger partial charge in [-0.25, -0.2) is 4.98 Å². The number of likely N-dealkylation sites (tertiary alicyclic amines) is 1. The summed E-state index contributed by atoms with van der Waals surface area (Å²) in [5.41, 5.74) is 3.79. The highest BCUT2D eigenvalue weighted by Gasteiger charge is 2.26. The number of benzene rings is 1. The van der Waals surface area contributed by atoms with Gasteiger partial charge in [-0.1, -0.05) is 12.1 Å². The number of hydrogen-bond acceptors (Lipinski definition) is 2. The van der Waals surface area contributed by atoms with E-state index in [2.05, 4.69) is 51.0 Å². The van der Waals surface area contributed by atoms with Crippen molar-refractivity contribution in [3.63, 3.8) is 0 Å². The normalized spacial score (nSPS) is 19.6. The van der Waals surface area contributed by atoms with E-state index in [1.54, 1.807) is 0 Å². The van der Waals surface area contributed by atoms with Crippen molar-refractivity contribution in [2.24, 2.45) is 0 Å². The SMILES string of the molecule is Cc1cnc(C2CCN(Cc3cccc4[nH]ccc34)C2)[nH]1. The zero-order valence-corrected chi connectivity index (χ0v) is 12.3. The fourth-order valence-electron chi connectivity index (χ4n) is 3.37. The minimum absolute atomic E-state index is 0.545. The van der Waals surface area contributed by atoms with Crippen LogP contribution in [0.25, 0.3) is 10.9 Å². The summed E-state index contributed by atoms with van der Waals surface area (Å²) in [7, 11) is 0. The lowest BCUT2D eigenvalue weighted by molar-refractivity contribution is 0.327. The van der Waals surface area contributed by atoms with E-state index >= 15 is 0 Å². The number of fused-ring (bicyclic) bond motifs is 1. The molecule has 1 atom stereocenters. The van der Waals surface area contributed by atoms with Gasteiger partial charge >= 0.3 is 0 Å². The number of aromatic amines is 2. The number of rotatable bonds is 3. The van der Waals surface area contributed by atoms with Crippen LogP contribution in [0.1, 0.15) is 29.4 Å². The van der Waals surface area contributed by atoms with Gasteiger partial charge in [-0.2, -0.15) is 0 Å². The Kier molecular flexibility index (Phi) is 3.04. The molecular weight excluding hydrogens is 260 g/mol. The fourth-order valence-corrected chi connectivity index (χ4v) is 3.37. The number of aryl methyl sites for hydroxylation is 1. The molecule has 0 spiro atoms. The maximum Gasteiger partial charge on any atom is 0.110 e. The van der Waals surface area contributed by atoms with E-state index in [9.17, 15) is 0 Å². The van der Waals surface area contributed by atoms with Gasteiger partial charge in [0.05, 0.1) is 0 Å². The Bertz CT molecular complexity index is 755. The van der Waals surface area contributed by atoms with Crippen LogP contribution in [0.2, 0.25) is 0 Å². The smallest absolute Gasteiger partial charge is 0.110 e. The fraction of sp³-hybridized carbons (Fsp3) is 0.353. The van der Waals surface area contributed by atoms with Crippen molar-refractivity contribution in [1.29, 1.82) is 0 Å². The molecule has 0 amide bonds. The molecule has 0 radical (unpaired) electrons. The highest BCUT2D eigenvalue weighted by molar-refractivity contribution is 5.82. The Morgan fingerprint density at radius 3 is 3.14 bits per heavy atom. The Morgan fingerprint density at radius 2 is 2.29 bits per heavy atom. The zero-order chi connectivity index (χ0) is 14.2. The number of hydrogen-bond donors (Lipinski definition) is 2. The van der Waals surface area contributed by atoms with Crippen LogP contribution in [0.5, 0.6) is 0 Å². The molecule has 4 rings (SSSR count). The minimum atomic E-state index is 0.545. The largest absolute Gasteiger partial charge is 0.361 e. The molecule has 2 aromatic heterocycles. The summed E-state index contributed by atoms with van der Waals surface area (Å²) >= 11 is 0. The van der Waals surface area contributed by atoms with Gasteiger partial charge in [0.25, 0.3) is 0 Å². The highest BCUT2D eigenvalue weighted by atomic mass is 15.2. The van der Waals surface area contributed by atoms with Crippen molar-refractivity contribution < 1.29 is 0 Å². The average molecular weight is 280 g/mol. The van der Waals surface area contributed by atoms with Gasteiger partial charge in [-0.3, -0.25) is 4.90 Å². The third-order valence-corrected chi connectivity index (χ3v) is 4.46. The van der Waals surface area contributed by atoms with Crippen LogP contribution < -0.4 is 0 Å². The third kappa shape index (κ3) is 2.36. The molecule has 3 aromatic rings. The summed E-state index contributed by atoms with van der Waals surface area (Å²) in [4.78, 5) is 13.7. The number of aromatic nitrogens is 3. The topological polar surface area (TPSA) is 47.7 Å². The molecule has 1 saturated heterocycles. The second-order valence-electron chi connectivity index (χ2n) is 6.03. The number of H-pyrrole nitrogens is 2. The van der Waals surface area contributed by atoms with E-state index < -0.39 is 0 Å². The molecule has 4 heteroatoms. The molecule has 3 heterocycles. The first-order chi connectivity index (χ1) is 10.3. The summed E-state index contributed by atoms with van der Waals surface area (Å²) in [6, 6.07) is 8.68. The molecule has 1 aliphatic rings. The van der Waals surface area contributed by atoms with Gasteiger partial charge in [0.2, 0.25) is 0 Å². The van der Waals surface area contributed by atoms with Gasteiger partial charge < -0.3 is 9.97 Å². The summed E-state index contributed by atoms with van der Waals surface area (Å²) in [5.74, 6) is 1.69. The molecule has 1 aliphatic heterocycles. The van der Waals surface area contributed by atoms with Crippen molar-refractivity contribution in [3.05, 3.63) is 53.7 Å². The first-order valence-corrected chi connectivity index (χ1v) is 7.58. The van der Waals surface area contributed by atoms with Crippen molar-refractivity contribution in [3.8, 4) is 0 Å². The van der Waals surface area contributed by atoms with Crippen molar-refractivity contribution >= 4 is 10.9 Å². The molecule has 0 bridgehead atoms. The predicted molar refractivity (Wildman–Crippen MR) is 84.3 cm³/mol. The van der Waals surface area contributed by atoms with Gasteiger partial charge in [-0.15, -0.1) is 0 Å². The van der Waals surface area contributed by atoms with Gasteiger partial charge in [-0.05, 0) is 37.6 Å². The van der Waals surface area contributed by atoms with Crippen LogP contribution in [-0.4, -0.2) is 32.9 Å². The van der Waals surface area contributed by atoms with Crippen LogP contribution in [0, 0.1) is 6.92 Å². The zero-order valence-electron chi connectivity index (χ0n) is 12.3. The van der Waals surface area contributed by atoms with E-state index in [0.717, 1.165) is 31.2 Å². The van der Waals surface area contributed by atoms with Crippen LogP contribution >= 0.6 is 0 Å². The number of nitrogens with zero attached hydrogens (tertiary/aromatic N) is 2. The molecular formula is C17H20N4. The monoisotopic (exact) mass is 280 g/mol. The van der Waals surface area contributed by atoms with Gasteiger partial charge in [0.1, 0.15) is 5.82 Å². The average Bonchev–Trinajstić information content (AvgIpc) is 3.18. The lowest BCUT2D eigenvalue weighted by Crippen LogP contribution is -2.20. The van der Waals surface area contributed by atoms with Crippen molar-refractivity contribution in [2.45, 2.75) is 25.8 Å². The molecule has 1 fully saturated rings. The maximum absolute atomic E-state index is 4.49. The van der Waals surface area contributed by atoms with Crippen LogP contribution in [0.4, 0.5) is 0 Å². The molecule has 4 nitrogen and oxygen atoms in total. The lowest BCUT2D eigenvalue weighted by atomic mass is 10.1. The maximum atomic E-state index is 4.49. The van der Waals surface area contributed by atoms with Crippen LogP contribution in [0.15, 0.2) is 36.7 Å². The van der Waals surface area contributed by atoms with E-state index in [1.807, 2.05) is 12.4 Å². The second-order valence-corrected chi connectivity index (χ2v) is 6.03. The lowest BCUT2D eigenvalue weighted by Gasteiger charge is -2.16. The Balaban J connectivity index is 1.50. The third-order valence-electron chi connectivity index (χ3n) is 4.46. The Labute approximate surface area is 124 Å². The van der Waals surface area contributed by atoms with E-state index in [-0.39, 0.29) is 0 Å². The minimum Gasteiger partial charge on any atom is -0.361 e. The van der Waals surface area contributed by atoms with E-state index in [1.165, 1.54) is 22.9 Å². The predicted octanol–water partition coefficient (Wildman–Crippen LogP) is 3.19. The Hall–Kier alpha value is -2.07. The summed E-state index contributed by atoms with van der Waals surface area (Å²) in [6.45, 7) is 5.32. The summed E-state index contributed by atoms with van der Waals surface area (Å²) < 4.78 is 0. The van der Waals surface area contributed by atoms with Gasteiger partial charge in [0, 0.05) is 48.0 Å². The summed E-state index contributed by atoms with van der Waals surface area (Å²) in [5, 5.41) is 1.34. The molecule has 2 N–H and O–H groups in total. The summed E-state index contributed by atoms with van der Waals surface area (Å²) in [6.07, 6.45) is 5.14. The molecule has 1 aromatic carbocycles.